The van der Waals surface area contributed by atoms with Crippen molar-refractivity contribution < 1.29 is 24.7 Å². The standard InChI is InChI=1S/C11H12N2O6/c14-5-1-4-12-10(15)9-6-7(13(18)19)2-3-8(9)11(16)17/h2-3,6,14H,1,4-5H2,(H,12,15)(H,16,17). The minimum atomic E-state index is -1.35. The summed E-state index contributed by atoms with van der Waals surface area (Å²) in [7, 11) is 0. The SMILES string of the molecule is O=C(O)c1ccc([N+](=O)[O-])cc1C(=O)NCCCO. The Kier molecular flexibility index (Phi) is 4.95. The van der Waals surface area contributed by atoms with Gasteiger partial charge in [0.05, 0.1) is 16.1 Å². The third kappa shape index (κ3) is 3.75. The summed E-state index contributed by atoms with van der Waals surface area (Å²) < 4.78 is 0. The minimum Gasteiger partial charge on any atom is -0.478 e. The summed E-state index contributed by atoms with van der Waals surface area (Å²) in [6.07, 6.45) is 0.309. The molecule has 8 heteroatoms. The van der Waals surface area contributed by atoms with Gasteiger partial charge in [0, 0.05) is 25.3 Å². The van der Waals surface area contributed by atoms with Gasteiger partial charge < -0.3 is 15.5 Å². The van der Waals surface area contributed by atoms with Crippen LogP contribution in [0.1, 0.15) is 27.1 Å². The van der Waals surface area contributed by atoms with E-state index in [4.69, 9.17) is 10.2 Å². The molecule has 1 aromatic rings. The number of nitro groups is 1. The van der Waals surface area contributed by atoms with E-state index in [0.717, 1.165) is 18.2 Å². The molecule has 8 nitrogen and oxygen atoms in total. The molecule has 1 aromatic carbocycles. The molecule has 0 spiro atoms. The van der Waals surface area contributed by atoms with Gasteiger partial charge in [0.1, 0.15) is 0 Å². The van der Waals surface area contributed by atoms with Crippen molar-refractivity contribution >= 4 is 17.6 Å². The fourth-order valence-electron chi connectivity index (χ4n) is 1.40. The molecule has 0 aliphatic heterocycles. The smallest absolute Gasteiger partial charge is 0.336 e. The number of aliphatic hydroxyl groups is 1. The van der Waals surface area contributed by atoms with Gasteiger partial charge in [-0.15, -0.1) is 0 Å². The van der Waals surface area contributed by atoms with E-state index >= 15 is 0 Å². The molecule has 0 radical (unpaired) electrons. The summed E-state index contributed by atoms with van der Waals surface area (Å²) in [5.74, 6) is -2.07. The molecule has 0 saturated carbocycles. The Labute approximate surface area is 107 Å². The average Bonchev–Trinajstić information content (AvgIpc) is 2.37. The number of carboxylic acids is 1. The van der Waals surface area contributed by atoms with Gasteiger partial charge in [0.25, 0.3) is 11.6 Å². The Morgan fingerprint density at radius 3 is 2.53 bits per heavy atom. The number of carbonyl (C=O) groups is 2. The molecule has 0 atom stereocenters. The maximum Gasteiger partial charge on any atom is 0.336 e. The molecule has 0 aliphatic carbocycles. The van der Waals surface area contributed by atoms with E-state index in [-0.39, 0.29) is 30.0 Å². The lowest BCUT2D eigenvalue weighted by atomic mass is 10.1. The number of non-ortho nitro benzene ring substituents is 1. The number of carbonyl (C=O) groups excluding carboxylic acids is 1. The first-order chi connectivity index (χ1) is 8.97. The van der Waals surface area contributed by atoms with E-state index in [0.29, 0.717) is 6.42 Å². The van der Waals surface area contributed by atoms with Crippen LogP contribution in [0.3, 0.4) is 0 Å². The Morgan fingerprint density at radius 2 is 2.00 bits per heavy atom. The van der Waals surface area contributed by atoms with E-state index in [1.165, 1.54) is 0 Å². The first-order valence-electron chi connectivity index (χ1n) is 5.38. The fourth-order valence-corrected chi connectivity index (χ4v) is 1.40. The highest BCUT2D eigenvalue weighted by Crippen LogP contribution is 2.18. The summed E-state index contributed by atoms with van der Waals surface area (Å²) in [5, 5.41) is 30.5. The number of nitro benzene ring substituents is 1. The monoisotopic (exact) mass is 268 g/mol. The first-order valence-corrected chi connectivity index (χ1v) is 5.38. The Morgan fingerprint density at radius 1 is 1.32 bits per heavy atom. The summed E-state index contributed by atoms with van der Waals surface area (Å²) in [6.45, 7) is 0.0259. The van der Waals surface area contributed by atoms with Crippen molar-refractivity contribution in [1.82, 2.24) is 5.32 Å². The molecule has 0 bridgehead atoms. The van der Waals surface area contributed by atoms with Gasteiger partial charge in [-0.1, -0.05) is 0 Å². The van der Waals surface area contributed by atoms with Crippen molar-refractivity contribution in [1.29, 1.82) is 0 Å². The molecule has 0 unspecified atom stereocenters. The molecular formula is C11H12N2O6. The molecular weight excluding hydrogens is 256 g/mol. The second-order valence-electron chi connectivity index (χ2n) is 3.63. The van der Waals surface area contributed by atoms with Crippen LogP contribution in [-0.2, 0) is 0 Å². The lowest BCUT2D eigenvalue weighted by Gasteiger charge is -2.07. The number of nitrogens with one attached hydrogen (secondary N) is 1. The van der Waals surface area contributed by atoms with E-state index in [2.05, 4.69) is 5.32 Å². The highest BCUT2D eigenvalue weighted by Gasteiger charge is 2.20. The second-order valence-corrected chi connectivity index (χ2v) is 3.63. The Bertz CT molecular complexity index is 514. The maximum atomic E-state index is 11.7. The summed E-state index contributed by atoms with van der Waals surface area (Å²) in [5.41, 5.74) is -0.955. The second kappa shape index (κ2) is 6.45. The molecule has 1 amide bonds. The van der Waals surface area contributed by atoms with Gasteiger partial charge in [-0.05, 0) is 12.5 Å². The number of benzene rings is 1. The summed E-state index contributed by atoms with van der Waals surface area (Å²) in [4.78, 5) is 32.6. The lowest BCUT2D eigenvalue weighted by Crippen LogP contribution is -2.27. The number of aliphatic hydroxyl groups excluding tert-OH is 1. The number of amides is 1. The number of hydrogen-bond donors (Lipinski definition) is 3. The van der Waals surface area contributed by atoms with Crippen LogP contribution < -0.4 is 5.32 Å². The third-order valence-electron chi connectivity index (χ3n) is 2.31. The number of aromatic carboxylic acids is 1. The molecule has 3 N–H and O–H groups in total. The quantitative estimate of drug-likeness (QED) is 0.389. The Balaban J connectivity index is 3.06. The van der Waals surface area contributed by atoms with Crippen molar-refractivity contribution in [2.45, 2.75) is 6.42 Å². The predicted octanol–water partition coefficient (Wildman–Crippen LogP) is 0.405. The minimum absolute atomic E-state index is 0.124. The lowest BCUT2D eigenvalue weighted by molar-refractivity contribution is -0.384. The summed E-state index contributed by atoms with van der Waals surface area (Å²) in [6, 6.07) is 2.95. The molecule has 19 heavy (non-hydrogen) atoms. The van der Waals surface area contributed by atoms with Crippen LogP contribution in [-0.4, -0.2) is 40.2 Å². The molecule has 0 saturated heterocycles. The van der Waals surface area contributed by atoms with Crippen molar-refractivity contribution in [3.63, 3.8) is 0 Å². The van der Waals surface area contributed by atoms with Crippen LogP contribution >= 0.6 is 0 Å². The van der Waals surface area contributed by atoms with Gasteiger partial charge >= 0.3 is 5.97 Å². The topological polar surface area (TPSA) is 130 Å². The number of hydrogen-bond acceptors (Lipinski definition) is 5. The number of carboxylic acid groups (broad SMARTS) is 1. The fraction of sp³-hybridized carbons (Fsp3) is 0.273. The van der Waals surface area contributed by atoms with Crippen LogP contribution in [0.25, 0.3) is 0 Å². The molecule has 0 aliphatic rings. The van der Waals surface area contributed by atoms with Crippen LogP contribution in [0.2, 0.25) is 0 Å². The third-order valence-corrected chi connectivity index (χ3v) is 2.31. The summed E-state index contributed by atoms with van der Waals surface area (Å²) >= 11 is 0. The molecule has 0 heterocycles. The van der Waals surface area contributed by atoms with Gasteiger partial charge in [-0.3, -0.25) is 14.9 Å². The van der Waals surface area contributed by atoms with E-state index < -0.39 is 16.8 Å². The molecule has 0 fully saturated rings. The van der Waals surface area contributed by atoms with Crippen molar-refractivity contribution in [2.75, 3.05) is 13.2 Å². The van der Waals surface area contributed by atoms with Crippen molar-refractivity contribution in [3.8, 4) is 0 Å². The number of nitrogens with zero attached hydrogens (tertiary/aromatic N) is 1. The number of rotatable bonds is 6. The van der Waals surface area contributed by atoms with Crippen LogP contribution in [0, 0.1) is 10.1 Å². The van der Waals surface area contributed by atoms with Crippen molar-refractivity contribution in [2.24, 2.45) is 0 Å². The van der Waals surface area contributed by atoms with E-state index in [9.17, 15) is 19.7 Å². The largest absolute Gasteiger partial charge is 0.478 e. The van der Waals surface area contributed by atoms with Gasteiger partial charge in [0.2, 0.25) is 0 Å². The molecule has 102 valence electrons. The zero-order chi connectivity index (χ0) is 14.4. The normalized spacial score (nSPS) is 9.95. The molecule has 0 aromatic heterocycles. The predicted molar refractivity (Wildman–Crippen MR) is 64.1 cm³/mol. The zero-order valence-electron chi connectivity index (χ0n) is 9.83. The van der Waals surface area contributed by atoms with E-state index in [1.54, 1.807) is 0 Å². The average molecular weight is 268 g/mol. The highest BCUT2D eigenvalue weighted by atomic mass is 16.6. The van der Waals surface area contributed by atoms with Crippen molar-refractivity contribution in [3.05, 3.63) is 39.4 Å². The maximum absolute atomic E-state index is 11.7. The van der Waals surface area contributed by atoms with Gasteiger partial charge in [-0.25, -0.2) is 4.79 Å². The molecule has 1 rings (SSSR count). The Hall–Kier alpha value is -2.48. The zero-order valence-corrected chi connectivity index (χ0v) is 9.83. The van der Waals surface area contributed by atoms with Crippen LogP contribution in [0.4, 0.5) is 5.69 Å². The van der Waals surface area contributed by atoms with Crippen LogP contribution in [0.5, 0.6) is 0 Å². The van der Waals surface area contributed by atoms with Gasteiger partial charge in [0.15, 0.2) is 0 Å². The highest BCUT2D eigenvalue weighted by molar-refractivity contribution is 6.05. The van der Waals surface area contributed by atoms with E-state index in [1.807, 2.05) is 0 Å². The van der Waals surface area contributed by atoms with Gasteiger partial charge in [-0.2, -0.15) is 0 Å². The first kappa shape index (κ1) is 14.6. The van der Waals surface area contributed by atoms with Crippen LogP contribution in [0.15, 0.2) is 18.2 Å².